The summed E-state index contributed by atoms with van der Waals surface area (Å²) in [6.07, 6.45) is 0.823. The Labute approximate surface area is 137 Å². The predicted molar refractivity (Wildman–Crippen MR) is 92.9 cm³/mol. The molecule has 0 saturated heterocycles. The van der Waals surface area contributed by atoms with Crippen LogP contribution >= 0.6 is 15.9 Å². The number of carbonyl (C=O) groups is 1. The van der Waals surface area contributed by atoms with Gasteiger partial charge in [0.1, 0.15) is 12.4 Å². The zero-order valence-corrected chi connectivity index (χ0v) is 16.3. The van der Waals surface area contributed by atoms with Crippen molar-refractivity contribution < 1.29 is 14.0 Å². The van der Waals surface area contributed by atoms with E-state index in [1.165, 1.54) is 0 Å². The molecule has 3 nitrogen and oxygen atoms in total. The SMILES string of the molecule is Cc1cc(C=O)c(OCCO[Si](C)(C)C(C)(C)C)cc1Br. The van der Waals surface area contributed by atoms with Crippen LogP contribution in [0.1, 0.15) is 36.7 Å². The predicted octanol–water partition coefficient (Wildman–Crippen LogP) is 4.97. The second kappa shape index (κ2) is 7.07. The van der Waals surface area contributed by atoms with Crippen molar-refractivity contribution in [2.45, 2.75) is 45.8 Å². The lowest BCUT2D eigenvalue weighted by Crippen LogP contribution is -2.41. The monoisotopic (exact) mass is 372 g/mol. The molecule has 21 heavy (non-hydrogen) atoms. The molecule has 0 aliphatic heterocycles. The maximum atomic E-state index is 11.1. The molecule has 1 rings (SSSR count). The van der Waals surface area contributed by atoms with Gasteiger partial charge in [-0.05, 0) is 42.8 Å². The minimum atomic E-state index is -1.74. The van der Waals surface area contributed by atoms with Crippen LogP contribution in [0.5, 0.6) is 5.75 Å². The summed E-state index contributed by atoms with van der Waals surface area (Å²) in [5.74, 6) is 0.598. The number of rotatable bonds is 6. The van der Waals surface area contributed by atoms with E-state index in [1.807, 2.05) is 19.1 Å². The molecule has 0 amide bonds. The number of hydrogen-bond donors (Lipinski definition) is 0. The third-order valence-corrected chi connectivity index (χ3v) is 9.42. The van der Waals surface area contributed by atoms with Crippen molar-refractivity contribution in [3.05, 3.63) is 27.7 Å². The molecule has 0 unspecified atom stereocenters. The fourth-order valence-electron chi connectivity index (χ4n) is 1.57. The summed E-state index contributed by atoms with van der Waals surface area (Å²) in [6, 6.07) is 3.66. The summed E-state index contributed by atoms with van der Waals surface area (Å²) in [7, 11) is -1.74. The van der Waals surface area contributed by atoms with E-state index in [1.54, 1.807) is 0 Å². The number of hydrogen-bond acceptors (Lipinski definition) is 3. The lowest BCUT2D eigenvalue weighted by atomic mass is 10.1. The molecule has 0 saturated carbocycles. The Morgan fingerprint density at radius 1 is 1.24 bits per heavy atom. The third kappa shape index (κ3) is 4.93. The second-order valence-corrected chi connectivity index (χ2v) is 12.4. The fraction of sp³-hybridized carbons (Fsp3) is 0.562. The Bertz CT molecular complexity index is 507. The summed E-state index contributed by atoms with van der Waals surface area (Å²) in [5, 5.41) is 0.188. The quantitative estimate of drug-likeness (QED) is 0.401. The minimum Gasteiger partial charge on any atom is -0.490 e. The molecule has 0 spiro atoms. The normalized spacial score (nSPS) is 12.3. The van der Waals surface area contributed by atoms with Gasteiger partial charge in [0.2, 0.25) is 0 Å². The molecule has 0 radical (unpaired) electrons. The lowest BCUT2D eigenvalue weighted by Gasteiger charge is -2.36. The van der Waals surface area contributed by atoms with E-state index >= 15 is 0 Å². The van der Waals surface area contributed by atoms with Gasteiger partial charge in [-0.3, -0.25) is 4.79 Å². The van der Waals surface area contributed by atoms with Gasteiger partial charge in [-0.15, -0.1) is 0 Å². The van der Waals surface area contributed by atoms with Crippen LogP contribution in [-0.4, -0.2) is 27.8 Å². The van der Waals surface area contributed by atoms with Crippen molar-refractivity contribution in [3.8, 4) is 5.75 Å². The lowest BCUT2D eigenvalue weighted by molar-refractivity contribution is 0.111. The Morgan fingerprint density at radius 3 is 2.38 bits per heavy atom. The van der Waals surface area contributed by atoms with Crippen LogP contribution < -0.4 is 4.74 Å². The van der Waals surface area contributed by atoms with Crippen molar-refractivity contribution in [1.82, 2.24) is 0 Å². The van der Waals surface area contributed by atoms with Gasteiger partial charge in [0.05, 0.1) is 12.2 Å². The molecule has 0 fully saturated rings. The summed E-state index contributed by atoms with van der Waals surface area (Å²) in [6.45, 7) is 14.0. The van der Waals surface area contributed by atoms with Gasteiger partial charge in [-0.25, -0.2) is 0 Å². The van der Waals surface area contributed by atoms with Crippen LogP contribution in [0.4, 0.5) is 0 Å². The molecule has 0 bridgehead atoms. The van der Waals surface area contributed by atoms with E-state index in [2.05, 4.69) is 49.8 Å². The topological polar surface area (TPSA) is 35.5 Å². The first-order chi connectivity index (χ1) is 9.58. The maximum absolute atomic E-state index is 11.1. The summed E-state index contributed by atoms with van der Waals surface area (Å²) in [4.78, 5) is 11.1. The van der Waals surface area contributed by atoms with Gasteiger partial charge in [0, 0.05) is 4.47 Å². The molecule has 0 heterocycles. The zero-order valence-electron chi connectivity index (χ0n) is 13.7. The number of ether oxygens (including phenoxy) is 1. The van der Waals surface area contributed by atoms with E-state index in [-0.39, 0.29) is 5.04 Å². The minimum absolute atomic E-state index is 0.188. The Balaban J connectivity index is 2.61. The highest BCUT2D eigenvalue weighted by atomic mass is 79.9. The maximum Gasteiger partial charge on any atom is 0.192 e. The van der Waals surface area contributed by atoms with Gasteiger partial charge in [0.15, 0.2) is 14.6 Å². The standard InChI is InChI=1S/C16H25BrO3Si/c1-12-9-13(11-18)15(10-14(12)17)19-7-8-20-21(5,6)16(2,3)4/h9-11H,7-8H2,1-6H3. The Morgan fingerprint density at radius 2 is 1.86 bits per heavy atom. The molecular weight excluding hydrogens is 348 g/mol. The summed E-state index contributed by atoms with van der Waals surface area (Å²) in [5.41, 5.74) is 1.59. The van der Waals surface area contributed by atoms with Crippen LogP contribution in [0.25, 0.3) is 0 Å². The van der Waals surface area contributed by atoms with Gasteiger partial charge in [-0.1, -0.05) is 36.7 Å². The molecule has 1 aromatic rings. The summed E-state index contributed by atoms with van der Waals surface area (Å²) < 4.78 is 12.7. The number of carbonyl (C=O) groups excluding carboxylic acids is 1. The largest absolute Gasteiger partial charge is 0.490 e. The Hall–Kier alpha value is -0.653. The van der Waals surface area contributed by atoms with E-state index in [9.17, 15) is 4.79 Å². The van der Waals surface area contributed by atoms with Gasteiger partial charge >= 0.3 is 0 Å². The van der Waals surface area contributed by atoms with Crippen LogP contribution in [0.15, 0.2) is 16.6 Å². The van der Waals surface area contributed by atoms with Crippen molar-refractivity contribution >= 4 is 30.5 Å². The van der Waals surface area contributed by atoms with Crippen molar-refractivity contribution in [2.75, 3.05) is 13.2 Å². The fourth-order valence-corrected chi connectivity index (χ4v) is 2.92. The van der Waals surface area contributed by atoms with E-state index in [0.29, 0.717) is 24.5 Å². The van der Waals surface area contributed by atoms with E-state index in [4.69, 9.17) is 9.16 Å². The number of aldehydes is 1. The molecule has 0 atom stereocenters. The first-order valence-corrected chi connectivity index (χ1v) is 10.8. The van der Waals surface area contributed by atoms with Crippen molar-refractivity contribution in [2.24, 2.45) is 0 Å². The smallest absolute Gasteiger partial charge is 0.192 e. The highest BCUT2D eigenvalue weighted by Gasteiger charge is 2.36. The average molecular weight is 373 g/mol. The molecule has 0 aliphatic rings. The molecule has 0 N–H and O–H groups in total. The number of halogens is 1. The van der Waals surface area contributed by atoms with Crippen LogP contribution in [0, 0.1) is 6.92 Å². The highest BCUT2D eigenvalue weighted by Crippen LogP contribution is 2.36. The first-order valence-electron chi connectivity index (χ1n) is 7.10. The van der Waals surface area contributed by atoms with Crippen LogP contribution in [0.2, 0.25) is 18.1 Å². The van der Waals surface area contributed by atoms with Crippen LogP contribution in [-0.2, 0) is 4.43 Å². The second-order valence-electron chi connectivity index (χ2n) is 6.71. The molecule has 0 aliphatic carbocycles. The Kier molecular flexibility index (Phi) is 6.19. The van der Waals surface area contributed by atoms with Crippen molar-refractivity contribution in [1.29, 1.82) is 0 Å². The van der Waals surface area contributed by atoms with Gasteiger partial charge in [0.25, 0.3) is 0 Å². The van der Waals surface area contributed by atoms with Crippen molar-refractivity contribution in [3.63, 3.8) is 0 Å². The van der Waals surface area contributed by atoms with Crippen LogP contribution in [0.3, 0.4) is 0 Å². The first kappa shape index (κ1) is 18.4. The number of aryl methyl sites for hydroxylation is 1. The van der Waals surface area contributed by atoms with E-state index < -0.39 is 8.32 Å². The zero-order chi connectivity index (χ0) is 16.3. The van der Waals surface area contributed by atoms with Gasteiger partial charge < -0.3 is 9.16 Å². The molecule has 5 heteroatoms. The third-order valence-electron chi connectivity index (χ3n) is 4.03. The molecule has 1 aromatic carbocycles. The highest BCUT2D eigenvalue weighted by molar-refractivity contribution is 9.10. The average Bonchev–Trinajstić information content (AvgIpc) is 2.36. The van der Waals surface area contributed by atoms with Gasteiger partial charge in [-0.2, -0.15) is 0 Å². The van der Waals surface area contributed by atoms with E-state index in [0.717, 1.165) is 16.3 Å². The number of benzene rings is 1. The summed E-state index contributed by atoms with van der Waals surface area (Å²) >= 11 is 3.46. The molecular formula is C16H25BrO3Si. The molecule has 0 aromatic heterocycles. The molecule has 118 valence electrons.